The second kappa shape index (κ2) is 6.13. The summed E-state index contributed by atoms with van der Waals surface area (Å²) in [6.07, 6.45) is 9.25. The van der Waals surface area contributed by atoms with Gasteiger partial charge in [-0.15, -0.1) is 0 Å². The van der Waals surface area contributed by atoms with Crippen LogP contribution < -0.4 is 5.73 Å². The topological polar surface area (TPSA) is 77.8 Å². The maximum absolute atomic E-state index is 5.61. The zero-order valence-corrected chi connectivity index (χ0v) is 11.6. The number of hydrogen-bond donors (Lipinski definition) is 1. The second-order valence-corrected chi connectivity index (χ2v) is 5.39. The van der Waals surface area contributed by atoms with Crippen LogP contribution in [-0.4, -0.2) is 15.1 Å². The number of rotatable bonds is 3. The Kier molecular flexibility index (Phi) is 4.06. The van der Waals surface area contributed by atoms with E-state index in [4.69, 9.17) is 10.3 Å². The number of hydrogen-bond acceptors (Lipinski definition) is 5. The Bertz CT molecular complexity index is 559. The van der Waals surface area contributed by atoms with E-state index in [-0.39, 0.29) is 0 Å². The lowest BCUT2D eigenvalue weighted by molar-refractivity contribution is 0.410. The Hall–Kier alpha value is -1.75. The highest BCUT2D eigenvalue weighted by molar-refractivity contribution is 5.52. The van der Waals surface area contributed by atoms with Gasteiger partial charge >= 0.3 is 0 Å². The third kappa shape index (κ3) is 2.88. The predicted octanol–water partition coefficient (Wildman–Crippen LogP) is 3.03. The smallest absolute Gasteiger partial charge is 0.258 e. The van der Waals surface area contributed by atoms with E-state index < -0.39 is 0 Å². The van der Waals surface area contributed by atoms with Crippen molar-refractivity contribution >= 4 is 0 Å². The maximum Gasteiger partial charge on any atom is 0.258 e. The van der Waals surface area contributed by atoms with Crippen LogP contribution in [0.25, 0.3) is 11.5 Å². The number of aromatic nitrogens is 3. The average molecular weight is 272 g/mol. The molecule has 3 rings (SSSR count). The molecule has 1 saturated carbocycles. The fraction of sp³-hybridized carbons (Fsp3) is 0.533. The summed E-state index contributed by atoms with van der Waals surface area (Å²) in [6.45, 7) is 0.414. The van der Waals surface area contributed by atoms with Crippen LogP contribution in [0.15, 0.2) is 22.9 Å². The lowest BCUT2D eigenvalue weighted by Gasteiger charge is -2.07. The predicted molar refractivity (Wildman–Crippen MR) is 75.9 cm³/mol. The molecule has 1 aliphatic carbocycles. The van der Waals surface area contributed by atoms with E-state index in [9.17, 15) is 0 Å². The molecule has 0 radical (unpaired) electrons. The van der Waals surface area contributed by atoms with E-state index in [0.29, 0.717) is 18.4 Å². The van der Waals surface area contributed by atoms with E-state index in [1.54, 1.807) is 6.20 Å². The fourth-order valence-electron chi connectivity index (χ4n) is 2.78. The highest BCUT2D eigenvalue weighted by Crippen LogP contribution is 2.31. The van der Waals surface area contributed by atoms with Gasteiger partial charge in [-0.1, -0.05) is 30.8 Å². The summed E-state index contributed by atoms with van der Waals surface area (Å²) in [5.74, 6) is 1.88. The van der Waals surface area contributed by atoms with Gasteiger partial charge in [0.15, 0.2) is 5.82 Å². The lowest BCUT2D eigenvalue weighted by atomic mass is 10.00. The summed E-state index contributed by atoms with van der Waals surface area (Å²) in [6, 6.07) is 3.79. The van der Waals surface area contributed by atoms with Gasteiger partial charge in [-0.3, -0.25) is 4.98 Å². The van der Waals surface area contributed by atoms with Crippen LogP contribution in [0.1, 0.15) is 56.0 Å². The molecule has 1 aliphatic rings. The maximum atomic E-state index is 5.61. The van der Waals surface area contributed by atoms with E-state index >= 15 is 0 Å². The summed E-state index contributed by atoms with van der Waals surface area (Å²) in [4.78, 5) is 8.75. The summed E-state index contributed by atoms with van der Waals surface area (Å²) in [5.41, 5.74) is 7.33. The normalized spacial score (nSPS) is 17.1. The second-order valence-electron chi connectivity index (χ2n) is 5.39. The number of nitrogens with zero attached hydrogens (tertiary/aromatic N) is 3. The molecule has 106 valence electrons. The Labute approximate surface area is 118 Å². The Morgan fingerprint density at radius 3 is 2.75 bits per heavy atom. The molecule has 2 aromatic rings. The molecule has 0 saturated heterocycles. The Balaban J connectivity index is 1.81. The summed E-state index contributed by atoms with van der Waals surface area (Å²) in [5, 5.41) is 4.18. The number of pyridine rings is 1. The molecule has 0 aliphatic heterocycles. The van der Waals surface area contributed by atoms with Crippen LogP contribution in [0.3, 0.4) is 0 Å². The SMILES string of the molecule is NCc1cc(-c2nc(C3CCCCCC3)no2)ccn1. The molecule has 0 spiro atoms. The minimum absolute atomic E-state index is 0.414. The molecule has 0 unspecified atom stereocenters. The zero-order chi connectivity index (χ0) is 13.8. The summed E-state index contributed by atoms with van der Waals surface area (Å²) >= 11 is 0. The van der Waals surface area contributed by atoms with Gasteiger partial charge < -0.3 is 10.3 Å². The highest BCUT2D eigenvalue weighted by Gasteiger charge is 2.20. The molecule has 20 heavy (non-hydrogen) atoms. The van der Waals surface area contributed by atoms with Crippen LogP contribution in [0.4, 0.5) is 0 Å². The first kappa shape index (κ1) is 13.2. The van der Waals surface area contributed by atoms with Gasteiger partial charge in [-0.25, -0.2) is 0 Å². The standard InChI is InChI=1S/C15H20N4O/c16-10-13-9-12(7-8-17-13)15-18-14(19-20-15)11-5-3-1-2-4-6-11/h7-9,11H,1-6,10,16H2. The minimum atomic E-state index is 0.414. The van der Waals surface area contributed by atoms with Crippen molar-refractivity contribution < 1.29 is 4.52 Å². The van der Waals surface area contributed by atoms with Gasteiger partial charge in [0, 0.05) is 24.2 Å². The van der Waals surface area contributed by atoms with Crippen molar-refractivity contribution in [1.29, 1.82) is 0 Å². The summed E-state index contributed by atoms with van der Waals surface area (Å²) in [7, 11) is 0. The van der Waals surface area contributed by atoms with Gasteiger partial charge in [-0.05, 0) is 25.0 Å². The molecule has 0 atom stereocenters. The van der Waals surface area contributed by atoms with Gasteiger partial charge in [-0.2, -0.15) is 4.98 Å². The van der Waals surface area contributed by atoms with Crippen LogP contribution in [0.5, 0.6) is 0 Å². The monoisotopic (exact) mass is 272 g/mol. The molecule has 5 heteroatoms. The molecule has 1 fully saturated rings. The third-order valence-corrected chi connectivity index (χ3v) is 3.93. The van der Waals surface area contributed by atoms with E-state index in [2.05, 4.69) is 15.1 Å². The number of nitrogens with two attached hydrogens (primary N) is 1. The molecule has 0 amide bonds. The van der Waals surface area contributed by atoms with E-state index in [1.807, 2.05) is 12.1 Å². The van der Waals surface area contributed by atoms with E-state index in [0.717, 1.165) is 17.1 Å². The first-order valence-electron chi connectivity index (χ1n) is 7.36. The largest absolute Gasteiger partial charge is 0.334 e. The average Bonchev–Trinajstić information content (AvgIpc) is 2.83. The highest BCUT2D eigenvalue weighted by atomic mass is 16.5. The molecule has 0 bridgehead atoms. The van der Waals surface area contributed by atoms with Gasteiger partial charge in [0.2, 0.25) is 0 Å². The quantitative estimate of drug-likeness (QED) is 0.869. The molecule has 2 heterocycles. The molecule has 0 aromatic carbocycles. The van der Waals surface area contributed by atoms with Crippen LogP contribution >= 0.6 is 0 Å². The molecular weight excluding hydrogens is 252 g/mol. The van der Waals surface area contributed by atoms with Crippen molar-refractivity contribution in [2.75, 3.05) is 0 Å². The van der Waals surface area contributed by atoms with Crippen molar-refractivity contribution in [3.05, 3.63) is 29.8 Å². The zero-order valence-electron chi connectivity index (χ0n) is 11.6. The fourth-order valence-corrected chi connectivity index (χ4v) is 2.78. The first-order chi connectivity index (χ1) is 9.86. The Morgan fingerprint density at radius 2 is 2.00 bits per heavy atom. The molecule has 5 nitrogen and oxygen atoms in total. The summed E-state index contributed by atoms with van der Waals surface area (Å²) < 4.78 is 5.41. The van der Waals surface area contributed by atoms with Crippen molar-refractivity contribution in [2.45, 2.75) is 51.0 Å². The van der Waals surface area contributed by atoms with E-state index in [1.165, 1.54) is 38.5 Å². The van der Waals surface area contributed by atoms with Gasteiger partial charge in [0.05, 0.1) is 5.69 Å². The molecular formula is C15H20N4O. The van der Waals surface area contributed by atoms with Crippen molar-refractivity contribution in [1.82, 2.24) is 15.1 Å². The third-order valence-electron chi connectivity index (χ3n) is 3.93. The van der Waals surface area contributed by atoms with Crippen molar-refractivity contribution in [2.24, 2.45) is 5.73 Å². The van der Waals surface area contributed by atoms with Crippen molar-refractivity contribution in [3.63, 3.8) is 0 Å². The van der Waals surface area contributed by atoms with Gasteiger partial charge in [0.1, 0.15) is 0 Å². The van der Waals surface area contributed by atoms with Crippen LogP contribution in [0.2, 0.25) is 0 Å². The molecule has 2 N–H and O–H groups in total. The van der Waals surface area contributed by atoms with Crippen LogP contribution in [0, 0.1) is 0 Å². The van der Waals surface area contributed by atoms with Crippen molar-refractivity contribution in [3.8, 4) is 11.5 Å². The first-order valence-corrected chi connectivity index (χ1v) is 7.36. The van der Waals surface area contributed by atoms with Crippen LogP contribution in [-0.2, 0) is 6.54 Å². The molecule has 2 aromatic heterocycles. The Morgan fingerprint density at radius 1 is 1.20 bits per heavy atom. The lowest BCUT2D eigenvalue weighted by Crippen LogP contribution is -2.00. The van der Waals surface area contributed by atoms with Gasteiger partial charge in [0.25, 0.3) is 5.89 Å². The minimum Gasteiger partial charge on any atom is -0.334 e.